The molecule has 16 heavy (non-hydrogen) atoms. The second kappa shape index (κ2) is 6.18. The van der Waals surface area contributed by atoms with Crippen molar-refractivity contribution < 1.29 is 4.39 Å². The molecule has 0 bridgehead atoms. The van der Waals surface area contributed by atoms with Crippen molar-refractivity contribution in [3.05, 3.63) is 34.6 Å². The van der Waals surface area contributed by atoms with Crippen LogP contribution in [0.25, 0.3) is 0 Å². The summed E-state index contributed by atoms with van der Waals surface area (Å²) in [5.74, 6) is 5.38. The Morgan fingerprint density at radius 1 is 1.50 bits per heavy atom. The van der Waals surface area contributed by atoms with Gasteiger partial charge in [-0.3, -0.25) is 11.3 Å². The monoisotopic (exact) mass is 244 g/mol. The number of rotatable bonds is 5. The molecule has 1 aromatic carbocycles. The van der Waals surface area contributed by atoms with Crippen molar-refractivity contribution in [1.82, 2.24) is 5.43 Å². The largest absolute Gasteiger partial charge is 0.271 e. The Bertz CT molecular complexity index is 344. The third-order valence-electron chi connectivity index (χ3n) is 2.81. The molecule has 0 aliphatic rings. The maximum absolute atomic E-state index is 13.8. The molecular weight excluding hydrogens is 227 g/mol. The van der Waals surface area contributed by atoms with E-state index in [1.54, 1.807) is 18.2 Å². The Morgan fingerprint density at radius 2 is 2.19 bits per heavy atom. The van der Waals surface area contributed by atoms with Crippen LogP contribution in [0.3, 0.4) is 0 Å². The van der Waals surface area contributed by atoms with Crippen molar-refractivity contribution in [2.24, 2.45) is 11.8 Å². The summed E-state index contributed by atoms with van der Waals surface area (Å²) in [6.45, 7) is 4.15. The lowest BCUT2D eigenvalue weighted by atomic mass is 9.91. The molecule has 0 fully saturated rings. The van der Waals surface area contributed by atoms with Gasteiger partial charge in [-0.1, -0.05) is 44.0 Å². The van der Waals surface area contributed by atoms with Gasteiger partial charge in [0.2, 0.25) is 0 Å². The average molecular weight is 245 g/mol. The number of halogens is 2. The molecule has 0 spiro atoms. The Balaban J connectivity index is 2.99. The van der Waals surface area contributed by atoms with Crippen LogP contribution in [0.2, 0.25) is 5.02 Å². The topological polar surface area (TPSA) is 38.0 Å². The lowest BCUT2D eigenvalue weighted by molar-refractivity contribution is 0.358. The molecule has 0 aliphatic carbocycles. The van der Waals surface area contributed by atoms with Crippen molar-refractivity contribution in [2.45, 2.75) is 32.7 Å². The van der Waals surface area contributed by atoms with Gasteiger partial charge in [0.15, 0.2) is 0 Å². The van der Waals surface area contributed by atoms with E-state index in [2.05, 4.69) is 12.3 Å². The van der Waals surface area contributed by atoms with Crippen LogP contribution in [0.15, 0.2) is 18.2 Å². The van der Waals surface area contributed by atoms with Gasteiger partial charge in [-0.05, 0) is 18.4 Å². The highest BCUT2D eigenvalue weighted by Gasteiger charge is 2.21. The molecule has 2 unspecified atom stereocenters. The van der Waals surface area contributed by atoms with Gasteiger partial charge in [0.25, 0.3) is 0 Å². The first-order valence-corrected chi connectivity index (χ1v) is 5.89. The molecule has 0 radical (unpaired) electrons. The zero-order chi connectivity index (χ0) is 12.1. The maximum atomic E-state index is 13.8. The molecule has 0 saturated carbocycles. The summed E-state index contributed by atoms with van der Waals surface area (Å²) in [6.07, 6.45) is 2.03. The molecule has 1 aromatic rings. The third kappa shape index (κ3) is 2.94. The zero-order valence-electron chi connectivity index (χ0n) is 9.63. The fraction of sp³-hybridized carbons (Fsp3) is 0.500. The SMILES string of the molecule is CCCC(C)C(NN)c1cccc(Cl)c1F. The van der Waals surface area contributed by atoms with Gasteiger partial charge in [0.05, 0.1) is 11.1 Å². The van der Waals surface area contributed by atoms with Crippen LogP contribution in [0.1, 0.15) is 38.3 Å². The summed E-state index contributed by atoms with van der Waals surface area (Å²) in [7, 11) is 0. The first-order valence-electron chi connectivity index (χ1n) is 5.51. The smallest absolute Gasteiger partial charge is 0.146 e. The van der Waals surface area contributed by atoms with E-state index < -0.39 is 0 Å². The Morgan fingerprint density at radius 3 is 2.75 bits per heavy atom. The van der Waals surface area contributed by atoms with Gasteiger partial charge in [-0.15, -0.1) is 0 Å². The number of nitrogens with one attached hydrogen (secondary N) is 1. The summed E-state index contributed by atoms with van der Waals surface area (Å²) >= 11 is 5.75. The second-order valence-electron chi connectivity index (χ2n) is 4.05. The Kier molecular flexibility index (Phi) is 5.19. The van der Waals surface area contributed by atoms with Crippen LogP contribution in [0.5, 0.6) is 0 Å². The maximum Gasteiger partial charge on any atom is 0.146 e. The fourth-order valence-electron chi connectivity index (χ4n) is 1.94. The molecule has 0 heterocycles. The van der Waals surface area contributed by atoms with Crippen molar-refractivity contribution in [1.29, 1.82) is 0 Å². The van der Waals surface area contributed by atoms with Crippen molar-refractivity contribution in [3.63, 3.8) is 0 Å². The summed E-state index contributed by atoms with van der Waals surface area (Å²) in [6, 6.07) is 4.80. The zero-order valence-corrected chi connectivity index (χ0v) is 10.4. The summed E-state index contributed by atoms with van der Waals surface area (Å²) in [5, 5.41) is 0.140. The molecule has 0 aliphatic heterocycles. The van der Waals surface area contributed by atoms with Crippen LogP contribution >= 0.6 is 11.6 Å². The number of hydrazine groups is 1. The van der Waals surface area contributed by atoms with Crippen LogP contribution in [-0.2, 0) is 0 Å². The highest BCUT2D eigenvalue weighted by atomic mass is 35.5. The lowest BCUT2D eigenvalue weighted by Gasteiger charge is -2.24. The molecule has 0 saturated heterocycles. The molecule has 4 heteroatoms. The molecule has 1 rings (SSSR count). The van der Waals surface area contributed by atoms with E-state index in [-0.39, 0.29) is 22.8 Å². The van der Waals surface area contributed by atoms with Gasteiger partial charge in [0.1, 0.15) is 5.82 Å². The van der Waals surface area contributed by atoms with E-state index in [1.807, 2.05) is 6.92 Å². The van der Waals surface area contributed by atoms with Gasteiger partial charge >= 0.3 is 0 Å². The first kappa shape index (κ1) is 13.4. The molecule has 2 atom stereocenters. The van der Waals surface area contributed by atoms with Crippen LogP contribution < -0.4 is 11.3 Å². The predicted octanol–water partition coefficient (Wildman–Crippen LogP) is 3.42. The van der Waals surface area contributed by atoms with Crippen molar-refractivity contribution in [2.75, 3.05) is 0 Å². The number of nitrogens with two attached hydrogens (primary N) is 1. The van der Waals surface area contributed by atoms with Crippen LogP contribution in [0.4, 0.5) is 4.39 Å². The van der Waals surface area contributed by atoms with E-state index in [9.17, 15) is 4.39 Å². The van der Waals surface area contributed by atoms with Gasteiger partial charge in [0, 0.05) is 5.56 Å². The Hall–Kier alpha value is -0.640. The quantitative estimate of drug-likeness (QED) is 0.615. The highest BCUT2D eigenvalue weighted by molar-refractivity contribution is 6.30. The minimum atomic E-state index is -0.380. The number of hydrogen-bond donors (Lipinski definition) is 2. The standard InChI is InChI=1S/C12H18ClFN2/c1-3-5-8(2)12(16-15)9-6-4-7-10(13)11(9)14/h4,6-8,12,16H,3,5,15H2,1-2H3. The Labute approximate surface area is 101 Å². The van der Waals surface area contributed by atoms with Gasteiger partial charge in [-0.2, -0.15) is 0 Å². The van der Waals surface area contributed by atoms with E-state index >= 15 is 0 Å². The summed E-state index contributed by atoms with van der Waals surface area (Å²) < 4.78 is 13.8. The minimum Gasteiger partial charge on any atom is -0.271 e. The fourth-order valence-corrected chi connectivity index (χ4v) is 2.13. The number of hydrogen-bond acceptors (Lipinski definition) is 2. The second-order valence-corrected chi connectivity index (χ2v) is 4.46. The molecule has 90 valence electrons. The van der Waals surface area contributed by atoms with Crippen molar-refractivity contribution in [3.8, 4) is 0 Å². The van der Waals surface area contributed by atoms with E-state index in [0.29, 0.717) is 5.56 Å². The normalized spacial score (nSPS) is 14.8. The molecule has 0 aromatic heterocycles. The highest BCUT2D eigenvalue weighted by Crippen LogP contribution is 2.29. The predicted molar refractivity (Wildman–Crippen MR) is 65.5 cm³/mol. The van der Waals surface area contributed by atoms with Gasteiger partial charge < -0.3 is 0 Å². The summed E-state index contributed by atoms with van der Waals surface area (Å²) in [4.78, 5) is 0. The first-order chi connectivity index (χ1) is 7.61. The third-order valence-corrected chi connectivity index (χ3v) is 3.10. The van der Waals surface area contributed by atoms with Crippen molar-refractivity contribution >= 4 is 11.6 Å². The van der Waals surface area contributed by atoms with Gasteiger partial charge in [-0.25, -0.2) is 4.39 Å². The molecular formula is C12H18ClFN2. The van der Waals surface area contributed by atoms with E-state index in [0.717, 1.165) is 12.8 Å². The van der Waals surface area contributed by atoms with E-state index in [1.165, 1.54) is 0 Å². The summed E-state index contributed by atoms with van der Waals surface area (Å²) in [5.41, 5.74) is 3.21. The molecule has 0 amide bonds. The van der Waals surface area contributed by atoms with Crippen LogP contribution in [0, 0.1) is 11.7 Å². The lowest BCUT2D eigenvalue weighted by Crippen LogP contribution is -2.33. The molecule has 2 nitrogen and oxygen atoms in total. The molecule has 3 N–H and O–H groups in total. The average Bonchev–Trinajstić information content (AvgIpc) is 2.25. The minimum absolute atomic E-state index is 0.140. The van der Waals surface area contributed by atoms with Crippen LogP contribution in [-0.4, -0.2) is 0 Å². The number of benzene rings is 1. The van der Waals surface area contributed by atoms with E-state index in [4.69, 9.17) is 17.4 Å².